The molecule has 0 amide bonds. The van der Waals surface area contributed by atoms with Gasteiger partial charge in [0, 0.05) is 25.8 Å². The van der Waals surface area contributed by atoms with Crippen molar-refractivity contribution in [3.8, 4) is 0 Å². The van der Waals surface area contributed by atoms with E-state index >= 15 is 4.39 Å². The quantitative estimate of drug-likeness (QED) is 0.498. The third-order valence-electron chi connectivity index (χ3n) is 6.64. The molecule has 0 atom stereocenters. The zero-order chi connectivity index (χ0) is 23.8. The van der Waals surface area contributed by atoms with Crippen molar-refractivity contribution in [2.24, 2.45) is 5.92 Å². The summed E-state index contributed by atoms with van der Waals surface area (Å²) < 4.78 is 43.7. The van der Waals surface area contributed by atoms with Gasteiger partial charge in [-0.2, -0.15) is 0 Å². The van der Waals surface area contributed by atoms with Gasteiger partial charge in [0.1, 0.15) is 10.7 Å². The highest BCUT2D eigenvalue weighted by Crippen LogP contribution is 2.30. The Balaban J connectivity index is 1.88. The molecule has 2 aromatic carbocycles. The van der Waals surface area contributed by atoms with Crippen LogP contribution in [0.2, 0.25) is 0 Å². The van der Waals surface area contributed by atoms with Crippen molar-refractivity contribution in [2.45, 2.75) is 62.8 Å². The van der Waals surface area contributed by atoms with E-state index < -0.39 is 21.1 Å². The van der Waals surface area contributed by atoms with E-state index in [-0.39, 0.29) is 15.2 Å². The van der Waals surface area contributed by atoms with Gasteiger partial charge in [-0.15, -0.1) is 0 Å². The molecule has 1 aliphatic heterocycles. The molecule has 176 valence electrons. The van der Waals surface area contributed by atoms with E-state index in [0.29, 0.717) is 23.7 Å². The second kappa shape index (κ2) is 9.29. The molecule has 7 heteroatoms. The van der Waals surface area contributed by atoms with Crippen LogP contribution in [0.15, 0.2) is 57.2 Å². The van der Waals surface area contributed by atoms with Crippen LogP contribution in [-0.2, 0) is 22.8 Å². The fourth-order valence-electron chi connectivity index (χ4n) is 4.51. The van der Waals surface area contributed by atoms with Crippen molar-refractivity contribution < 1.29 is 12.8 Å². The van der Waals surface area contributed by atoms with Gasteiger partial charge in [0.05, 0.1) is 21.5 Å². The molecule has 2 heterocycles. The molecular formula is C26H31FN2O3S. The van der Waals surface area contributed by atoms with E-state index in [1.807, 2.05) is 18.7 Å². The van der Waals surface area contributed by atoms with Crippen molar-refractivity contribution in [3.05, 3.63) is 64.2 Å². The number of halogens is 1. The molecule has 1 aliphatic rings. The van der Waals surface area contributed by atoms with Gasteiger partial charge in [0.25, 0.3) is 0 Å². The van der Waals surface area contributed by atoms with Crippen molar-refractivity contribution in [1.29, 1.82) is 0 Å². The van der Waals surface area contributed by atoms with E-state index in [0.717, 1.165) is 44.3 Å². The van der Waals surface area contributed by atoms with Crippen LogP contribution in [0.5, 0.6) is 0 Å². The number of benzene rings is 2. The van der Waals surface area contributed by atoms with Crippen molar-refractivity contribution in [3.63, 3.8) is 0 Å². The lowest BCUT2D eigenvalue weighted by Gasteiger charge is -2.32. The molecule has 1 aromatic heterocycles. The summed E-state index contributed by atoms with van der Waals surface area (Å²) in [5.74, 6) is 0.126. The van der Waals surface area contributed by atoms with Gasteiger partial charge in [-0.1, -0.05) is 32.9 Å². The van der Waals surface area contributed by atoms with Crippen LogP contribution in [0.4, 0.5) is 10.1 Å². The average molecular weight is 471 g/mol. The van der Waals surface area contributed by atoms with E-state index in [1.54, 1.807) is 22.8 Å². The number of pyridine rings is 1. The van der Waals surface area contributed by atoms with Crippen LogP contribution in [0, 0.1) is 11.7 Å². The van der Waals surface area contributed by atoms with Gasteiger partial charge in [-0.05, 0) is 61.4 Å². The van der Waals surface area contributed by atoms with Crippen molar-refractivity contribution in [2.75, 3.05) is 18.0 Å². The minimum atomic E-state index is -4.04. The minimum absolute atomic E-state index is 0.0683. The highest BCUT2D eigenvalue weighted by Gasteiger charge is 2.26. The summed E-state index contributed by atoms with van der Waals surface area (Å²) in [5, 5.41) is 0.0985. The molecule has 0 bridgehead atoms. The minimum Gasteiger partial charge on any atom is -0.369 e. The van der Waals surface area contributed by atoms with E-state index in [1.165, 1.54) is 24.4 Å². The van der Waals surface area contributed by atoms with Gasteiger partial charge in [0.15, 0.2) is 0 Å². The average Bonchev–Trinajstić information content (AvgIpc) is 2.81. The number of sulfone groups is 1. The number of aromatic nitrogens is 1. The van der Waals surface area contributed by atoms with Gasteiger partial charge in [0.2, 0.25) is 15.3 Å². The largest absolute Gasteiger partial charge is 0.369 e. The third kappa shape index (κ3) is 4.43. The number of hydrogen-bond donors (Lipinski definition) is 0. The van der Waals surface area contributed by atoms with Gasteiger partial charge < -0.3 is 9.47 Å². The Morgan fingerprint density at radius 3 is 2.33 bits per heavy atom. The number of piperidine rings is 1. The first-order valence-electron chi connectivity index (χ1n) is 11.7. The highest BCUT2D eigenvalue weighted by atomic mass is 32.2. The van der Waals surface area contributed by atoms with Gasteiger partial charge in [-0.3, -0.25) is 4.79 Å². The first kappa shape index (κ1) is 23.5. The van der Waals surface area contributed by atoms with Crippen LogP contribution in [0.3, 0.4) is 0 Å². The topological polar surface area (TPSA) is 59.4 Å². The predicted octanol–water partition coefficient (Wildman–Crippen LogP) is 5.18. The number of anilines is 1. The third-order valence-corrected chi connectivity index (χ3v) is 8.40. The molecule has 0 N–H and O–H groups in total. The monoisotopic (exact) mass is 470 g/mol. The number of hydrogen-bond acceptors (Lipinski definition) is 4. The molecule has 1 saturated heterocycles. The van der Waals surface area contributed by atoms with Crippen LogP contribution < -0.4 is 10.3 Å². The molecule has 0 radical (unpaired) electrons. The Kier molecular flexibility index (Phi) is 6.61. The summed E-state index contributed by atoms with van der Waals surface area (Å²) in [6, 6.07) is 9.50. The fourth-order valence-corrected chi connectivity index (χ4v) is 5.88. The molecule has 3 aromatic rings. The molecule has 33 heavy (non-hydrogen) atoms. The SMILES string of the molecule is CCCn1cc(S(=O)(=O)c2ccc(CC)cc2)c(=O)c2cc(F)c(N3CCC(C)CC3)cc21. The second-order valence-corrected chi connectivity index (χ2v) is 10.9. The van der Waals surface area contributed by atoms with E-state index in [4.69, 9.17) is 0 Å². The maximum atomic E-state index is 15.2. The molecule has 1 fully saturated rings. The summed E-state index contributed by atoms with van der Waals surface area (Å²) in [6.45, 7) is 8.23. The molecular weight excluding hydrogens is 439 g/mol. The molecule has 4 rings (SSSR count). The van der Waals surface area contributed by atoms with Crippen LogP contribution in [-0.4, -0.2) is 26.1 Å². The van der Waals surface area contributed by atoms with Crippen molar-refractivity contribution >= 4 is 26.4 Å². The first-order valence-corrected chi connectivity index (χ1v) is 13.2. The summed E-state index contributed by atoms with van der Waals surface area (Å²) in [5.41, 5.74) is 1.40. The molecule has 5 nitrogen and oxygen atoms in total. The lowest BCUT2D eigenvalue weighted by atomic mass is 9.98. The Bertz CT molecular complexity index is 1320. The Morgan fingerprint density at radius 1 is 1.06 bits per heavy atom. The number of rotatable bonds is 6. The predicted molar refractivity (Wildman–Crippen MR) is 130 cm³/mol. The summed E-state index contributed by atoms with van der Waals surface area (Å²) >= 11 is 0. The molecule has 0 spiro atoms. The van der Waals surface area contributed by atoms with Crippen LogP contribution in [0.25, 0.3) is 10.9 Å². The summed E-state index contributed by atoms with van der Waals surface area (Å²) in [4.78, 5) is 15.1. The van der Waals surface area contributed by atoms with E-state index in [9.17, 15) is 13.2 Å². The smallest absolute Gasteiger partial charge is 0.211 e. The summed E-state index contributed by atoms with van der Waals surface area (Å²) in [7, 11) is -4.04. The van der Waals surface area contributed by atoms with E-state index in [2.05, 4.69) is 6.92 Å². The maximum absolute atomic E-state index is 15.2. The normalized spacial score (nSPS) is 15.3. The molecule has 0 unspecified atom stereocenters. The Labute approximate surface area is 194 Å². The Hall–Kier alpha value is -2.67. The van der Waals surface area contributed by atoms with Crippen LogP contribution in [0.1, 0.15) is 45.6 Å². The van der Waals surface area contributed by atoms with Crippen molar-refractivity contribution in [1.82, 2.24) is 4.57 Å². The highest BCUT2D eigenvalue weighted by molar-refractivity contribution is 7.91. The lowest BCUT2D eigenvalue weighted by Crippen LogP contribution is -2.33. The summed E-state index contributed by atoms with van der Waals surface area (Å²) in [6.07, 6.45) is 4.95. The first-order chi connectivity index (χ1) is 15.8. The fraction of sp³-hybridized carbons (Fsp3) is 0.423. The number of nitrogens with zero attached hydrogens (tertiary/aromatic N) is 2. The number of aryl methyl sites for hydroxylation is 2. The maximum Gasteiger partial charge on any atom is 0.211 e. The zero-order valence-corrected chi connectivity index (χ0v) is 20.3. The van der Waals surface area contributed by atoms with Gasteiger partial charge >= 0.3 is 0 Å². The molecule has 0 saturated carbocycles. The number of fused-ring (bicyclic) bond motifs is 1. The second-order valence-electron chi connectivity index (χ2n) is 9.01. The zero-order valence-electron chi connectivity index (χ0n) is 19.5. The van der Waals surface area contributed by atoms with Crippen LogP contribution >= 0.6 is 0 Å². The van der Waals surface area contributed by atoms with Gasteiger partial charge in [-0.25, -0.2) is 12.8 Å². The lowest BCUT2D eigenvalue weighted by molar-refractivity contribution is 0.434. The Morgan fingerprint density at radius 2 is 1.73 bits per heavy atom. The molecule has 0 aliphatic carbocycles. The standard InChI is InChI=1S/C26H31FN2O3S/c1-4-12-29-17-25(33(31,32)20-8-6-19(5-2)7-9-20)26(30)21-15-22(27)24(16-23(21)29)28-13-10-18(3)11-14-28/h6-9,15-18H,4-5,10-14H2,1-3H3.